The highest BCUT2D eigenvalue weighted by Gasteiger charge is 2.30. The summed E-state index contributed by atoms with van der Waals surface area (Å²) in [6.07, 6.45) is 0.610. The minimum Gasteiger partial charge on any atom is -0.478 e. The minimum absolute atomic E-state index is 0.207. The summed E-state index contributed by atoms with van der Waals surface area (Å²) >= 11 is 0. The van der Waals surface area contributed by atoms with E-state index >= 15 is 0 Å². The van der Waals surface area contributed by atoms with Crippen LogP contribution in [0.4, 0.5) is 11.4 Å². The van der Waals surface area contributed by atoms with Crippen LogP contribution in [-0.2, 0) is 9.59 Å². The molecule has 6 nitrogen and oxygen atoms in total. The molecule has 1 saturated heterocycles. The van der Waals surface area contributed by atoms with Crippen molar-refractivity contribution in [2.24, 2.45) is 5.92 Å². The minimum atomic E-state index is -1.00. The van der Waals surface area contributed by atoms with Gasteiger partial charge >= 0.3 is 0 Å². The van der Waals surface area contributed by atoms with Gasteiger partial charge in [-0.1, -0.05) is 32.0 Å². The van der Waals surface area contributed by atoms with Crippen LogP contribution in [0.1, 0.15) is 34.1 Å². The number of nitrogens with one attached hydrogen (secondary N) is 1. The molecule has 0 aromatic heterocycles. The molecule has 1 heterocycles. The summed E-state index contributed by atoms with van der Waals surface area (Å²) < 4.78 is 5.86. The van der Waals surface area contributed by atoms with Gasteiger partial charge in [0.1, 0.15) is 5.75 Å². The first kappa shape index (κ1) is 22.7. The lowest BCUT2D eigenvalue weighted by atomic mass is 10.1. The van der Waals surface area contributed by atoms with Crippen LogP contribution in [0.5, 0.6) is 5.75 Å². The Bertz CT molecular complexity index is 871. The Labute approximate surface area is 185 Å². The van der Waals surface area contributed by atoms with E-state index in [1.165, 1.54) is 0 Å². The maximum Gasteiger partial charge on any atom is 0.267 e. The monoisotopic (exact) mass is 423 g/mol. The van der Waals surface area contributed by atoms with Crippen molar-refractivity contribution in [3.8, 4) is 5.75 Å². The molecule has 3 rings (SSSR count). The standard InChI is InChI=1S/C25H33N3O3/c1-19(2)18-23(29)28-16-14-27(15-17-28)21-12-10-20(11-13-21)26-24(30)25(3,4)31-22-8-6-5-7-9-22/h5-13,19H,14-18H2,1-4H3,(H,26,30). The fourth-order valence-electron chi connectivity index (χ4n) is 3.56. The van der Waals surface area contributed by atoms with Crippen LogP contribution in [0.15, 0.2) is 54.6 Å². The van der Waals surface area contributed by atoms with Gasteiger partial charge in [0.2, 0.25) is 5.91 Å². The molecule has 0 bridgehead atoms. The lowest BCUT2D eigenvalue weighted by molar-refractivity contribution is -0.132. The van der Waals surface area contributed by atoms with Crippen LogP contribution in [0, 0.1) is 5.92 Å². The van der Waals surface area contributed by atoms with Gasteiger partial charge in [0, 0.05) is 44.0 Å². The molecule has 0 saturated carbocycles. The first-order chi connectivity index (χ1) is 14.7. The predicted octanol–water partition coefficient (Wildman–Crippen LogP) is 4.18. The van der Waals surface area contributed by atoms with Crippen LogP contribution in [-0.4, -0.2) is 48.5 Å². The number of benzene rings is 2. The summed E-state index contributed by atoms with van der Waals surface area (Å²) in [6.45, 7) is 10.8. The third-order valence-electron chi connectivity index (χ3n) is 5.37. The largest absolute Gasteiger partial charge is 0.478 e. The molecule has 31 heavy (non-hydrogen) atoms. The molecule has 1 aliphatic rings. The first-order valence-electron chi connectivity index (χ1n) is 10.9. The van der Waals surface area contributed by atoms with E-state index in [9.17, 15) is 9.59 Å². The Morgan fingerprint density at radius 2 is 1.58 bits per heavy atom. The molecule has 1 N–H and O–H groups in total. The molecule has 2 aromatic rings. The number of ether oxygens (including phenoxy) is 1. The Kier molecular flexibility index (Phi) is 7.21. The normalized spacial score (nSPS) is 14.5. The molecular weight excluding hydrogens is 390 g/mol. The lowest BCUT2D eigenvalue weighted by Crippen LogP contribution is -2.49. The van der Waals surface area contributed by atoms with Crippen molar-refractivity contribution in [1.29, 1.82) is 0 Å². The van der Waals surface area contributed by atoms with Crippen molar-refractivity contribution in [3.63, 3.8) is 0 Å². The van der Waals surface area contributed by atoms with Crippen LogP contribution >= 0.6 is 0 Å². The van der Waals surface area contributed by atoms with Crippen molar-refractivity contribution in [2.45, 2.75) is 39.7 Å². The topological polar surface area (TPSA) is 61.9 Å². The quantitative estimate of drug-likeness (QED) is 0.726. The molecule has 166 valence electrons. The van der Waals surface area contributed by atoms with Gasteiger partial charge in [0.05, 0.1) is 0 Å². The fraction of sp³-hybridized carbons (Fsp3) is 0.440. The van der Waals surface area contributed by atoms with E-state index in [1.807, 2.05) is 59.5 Å². The average Bonchev–Trinajstić information content (AvgIpc) is 2.74. The molecule has 0 unspecified atom stereocenters. The Morgan fingerprint density at radius 1 is 0.968 bits per heavy atom. The number of amides is 2. The molecule has 2 aromatic carbocycles. The summed E-state index contributed by atoms with van der Waals surface area (Å²) in [5.74, 6) is 1.08. The van der Waals surface area contributed by atoms with Gasteiger partial charge in [0.25, 0.3) is 5.91 Å². The highest BCUT2D eigenvalue weighted by molar-refractivity contribution is 5.97. The van der Waals surface area contributed by atoms with Gasteiger partial charge in [0.15, 0.2) is 5.60 Å². The number of hydrogen-bond donors (Lipinski definition) is 1. The van der Waals surface area contributed by atoms with Gasteiger partial charge in [-0.2, -0.15) is 0 Å². The zero-order valence-electron chi connectivity index (χ0n) is 18.9. The van der Waals surface area contributed by atoms with Gasteiger partial charge < -0.3 is 19.9 Å². The van der Waals surface area contributed by atoms with Gasteiger partial charge in [-0.15, -0.1) is 0 Å². The molecule has 0 radical (unpaired) electrons. The Balaban J connectivity index is 1.53. The van der Waals surface area contributed by atoms with Crippen LogP contribution in [0.3, 0.4) is 0 Å². The summed E-state index contributed by atoms with van der Waals surface area (Å²) in [4.78, 5) is 29.2. The van der Waals surface area contributed by atoms with Crippen LogP contribution in [0.25, 0.3) is 0 Å². The van der Waals surface area contributed by atoms with E-state index in [2.05, 4.69) is 24.1 Å². The lowest BCUT2D eigenvalue weighted by Gasteiger charge is -2.36. The van der Waals surface area contributed by atoms with Crippen molar-refractivity contribution in [3.05, 3.63) is 54.6 Å². The maximum atomic E-state index is 12.7. The Hall–Kier alpha value is -3.02. The number of anilines is 2. The highest BCUT2D eigenvalue weighted by atomic mass is 16.5. The summed E-state index contributed by atoms with van der Waals surface area (Å²) in [5.41, 5.74) is 0.816. The van der Waals surface area contributed by atoms with E-state index < -0.39 is 5.60 Å². The second kappa shape index (κ2) is 9.86. The van der Waals surface area contributed by atoms with Crippen LogP contribution in [0.2, 0.25) is 0 Å². The van der Waals surface area contributed by atoms with Gasteiger partial charge in [-0.25, -0.2) is 0 Å². The van der Waals surface area contributed by atoms with Gasteiger partial charge in [-0.3, -0.25) is 9.59 Å². The maximum absolute atomic E-state index is 12.7. The molecule has 1 fully saturated rings. The summed E-state index contributed by atoms with van der Waals surface area (Å²) in [5, 5.41) is 2.94. The summed E-state index contributed by atoms with van der Waals surface area (Å²) in [7, 11) is 0. The van der Waals surface area contributed by atoms with Crippen molar-refractivity contribution in [1.82, 2.24) is 4.90 Å². The number of para-hydroxylation sites is 1. The second-order valence-corrected chi connectivity index (χ2v) is 8.89. The first-order valence-corrected chi connectivity index (χ1v) is 10.9. The highest BCUT2D eigenvalue weighted by Crippen LogP contribution is 2.23. The van der Waals surface area contributed by atoms with Gasteiger partial charge in [-0.05, 0) is 56.2 Å². The molecule has 6 heteroatoms. The molecule has 2 amide bonds. The zero-order chi connectivity index (χ0) is 22.4. The average molecular weight is 424 g/mol. The molecule has 0 atom stereocenters. The fourth-order valence-corrected chi connectivity index (χ4v) is 3.56. The Morgan fingerprint density at radius 3 is 2.16 bits per heavy atom. The number of hydrogen-bond acceptors (Lipinski definition) is 4. The van der Waals surface area contributed by atoms with Crippen molar-refractivity contribution >= 4 is 23.2 Å². The molecule has 1 aliphatic heterocycles. The van der Waals surface area contributed by atoms with Crippen molar-refractivity contribution in [2.75, 3.05) is 36.4 Å². The molecule has 0 spiro atoms. The van der Waals surface area contributed by atoms with E-state index in [0.717, 1.165) is 37.6 Å². The smallest absolute Gasteiger partial charge is 0.267 e. The van der Waals surface area contributed by atoms with E-state index in [0.29, 0.717) is 18.1 Å². The third kappa shape index (κ3) is 6.23. The summed E-state index contributed by atoms with van der Waals surface area (Å²) in [6, 6.07) is 17.2. The predicted molar refractivity (Wildman–Crippen MR) is 124 cm³/mol. The number of nitrogens with zero attached hydrogens (tertiary/aromatic N) is 2. The zero-order valence-corrected chi connectivity index (χ0v) is 18.9. The third-order valence-corrected chi connectivity index (χ3v) is 5.37. The second-order valence-electron chi connectivity index (χ2n) is 8.89. The molecular formula is C25H33N3O3. The van der Waals surface area contributed by atoms with E-state index in [4.69, 9.17) is 4.74 Å². The molecule has 0 aliphatic carbocycles. The van der Waals surface area contributed by atoms with Crippen LogP contribution < -0.4 is 15.0 Å². The number of piperazine rings is 1. The number of carbonyl (C=O) groups is 2. The number of carbonyl (C=O) groups excluding carboxylic acids is 2. The van der Waals surface area contributed by atoms with Crippen molar-refractivity contribution < 1.29 is 14.3 Å². The van der Waals surface area contributed by atoms with E-state index in [-0.39, 0.29) is 11.8 Å². The van der Waals surface area contributed by atoms with E-state index in [1.54, 1.807) is 13.8 Å². The SMILES string of the molecule is CC(C)CC(=O)N1CCN(c2ccc(NC(=O)C(C)(C)Oc3ccccc3)cc2)CC1. The number of rotatable bonds is 7.